The molecule has 0 saturated heterocycles. The standard InChI is InChI=1S/4FH.2K.Mo.2O/h4*1H;;;;;/q;;;;2*+1;+2;;/p-4. The Labute approximate surface area is 134 Å². The van der Waals surface area contributed by atoms with E-state index in [0.29, 0.717) is 0 Å². The monoisotopic (exact) mass is 284 g/mol. The molecular weight excluding hydrogens is 282 g/mol. The molecule has 48 valence electrons. The third-order valence-corrected chi connectivity index (χ3v) is 0. The first-order chi connectivity index (χ1) is 2.45. The summed E-state index contributed by atoms with van der Waals surface area (Å²) < 4.78 is 57.0. The zero-order valence-corrected chi connectivity index (χ0v) is 13.0. The molecular formula is F4K2MoO2. The molecule has 0 N–H and O–H groups in total. The van der Waals surface area contributed by atoms with Gasteiger partial charge < -0.3 is 0 Å². The number of halogens is 4. The topological polar surface area (TPSA) is 34.1 Å². The number of hydrogen-bond donors (Lipinski definition) is 0. The molecule has 0 aromatic rings. The van der Waals surface area contributed by atoms with Crippen molar-refractivity contribution in [1.29, 1.82) is 0 Å². The summed E-state index contributed by atoms with van der Waals surface area (Å²) in [5, 5.41) is 0. The van der Waals surface area contributed by atoms with Gasteiger partial charge in [0.15, 0.2) is 0 Å². The molecule has 9 heavy (non-hydrogen) atoms. The van der Waals surface area contributed by atoms with Gasteiger partial charge in [-0.2, -0.15) is 0 Å². The molecule has 0 unspecified atom stereocenters. The Bertz CT molecular complexity index is 196. The van der Waals surface area contributed by atoms with Gasteiger partial charge in [0.05, 0.1) is 0 Å². The minimum absolute atomic E-state index is 0. The van der Waals surface area contributed by atoms with Gasteiger partial charge in [-0.3, -0.25) is 0 Å². The minimum atomic E-state index is -10.7. The summed E-state index contributed by atoms with van der Waals surface area (Å²) in [5.74, 6) is 0. The first kappa shape index (κ1) is 18.1. The van der Waals surface area contributed by atoms with E-state index in [1.807, 2.05) is 0 Å². The van der Waals surface area contributed by atoms with Crippen LogP contribution < -0.4 is 103 Å². The number of hydrogen-bond acceptors (Lipinski definition) is 2. The molecule has 0 aliphatic rings. The van der Waals surface area contributed by atoms with Gasteiger partial charge in [-0.25, -0.2) is 0 Å². The van der Waals surface area contributed by atoms with Gasteiger partial charge in [-0.1, -0.05) is 0 Å². The van der Waals surface area contributed by atoms with Crippen LogP contribution in [0.1, 0.15) is 0 Å². The van der Waals surface area contributed by atoms with Crippen molar-refractivity contribution in [2.75, 3.05) is 0 Å². The van der Waals surface area contributed by atoms with Crippen LogP contribution in [-0.4, -0.2) is 0 Å². The molecule has 0 aromatic heterocycles. The van der Waals surface area contributed by atoms with Crippen LogP contribution >= 0.6 is 0 Å². The fourth-order valence-electron chi connectivity index (χ4n) is 0. The van der Waals surface area contributed by atoms with Crippen LogP contribution in [0.4, 0.5) is 12.6 Å². The molecule has 0 aliphatic heterocycles. The van der Waals surface area contributed by atoms with E-state index in [4.69, 9.17) is 6.80 Å². The van der Waals surface area contributed by atoms with Crippen LogP contribution in [0.5, 0.6) is 0 Å². The van der Waals surface area contributed by atoms with Crippen LogP contribution in [0.25, 0.3) is 0 Å². The van der Waals surface area contributed by atoms with Gasteiger partial charge in [0, 0.05) is 0 Å². The summed E-state index contributed by atoms with van der Waals surface area (Å²) in [5.41, 5.74) is 0. The Kier molecular flexibility index (Phi) is 7.19. The fraction of sp³-hybridized carbons (Fsp3) is 0. The van der Waals surface area contributed by atoms with Crippen molar-refractivity contribution in [3.63, 3.8) is 0 Å². The Balaban J connectivity index is -0.000000180. The van der Waals surface area contributed by atoms with Crippen LogP contribution in [0.3, 0.4) is 0 Å². The summed E-state index contributed by atoms with van der Waals surface area (Å²) in [4.78, 5) is 0. The van der Waals surface area contributed by atoms with Crippen molar-refractivity contribution in [2.24, 2.45) is 0 Å². The predicted octanol–water partition coefficient (Wildman–Crippen LogP) is -4.55. The van der Waals surface area contributed by atoms with Crippen LogP contribution in [0, 0.1) is 0 Å². The van der Waals surface area contributed by atoms with E-state index in [9.17, 15) is 12.6 Å². The first-order valence-electron chi connectivity index (χ1n) is 0.951. The molecule has 0 aromatic carbocycles. The quantitative estimate of drug-likeness (QED) is 0.331. The molecule has 0 bridgehead atoms. The van der Waals surface area contributed by atoms with Gasteiger partial charge in [0.1, 0.15) is 0 Å². The van der Waals surface area contributed by atoms with E-state index in [2.05, 4.69) is 0 Å². The summed E-state index contributed by atoms with van der Waals surface area (Å²) in [6, 6.07) is 0. The van der Waals surface area contributed by atoms with E-state index in [1.165, 1.54) is 0 Å². The van der Waals surface area contributed by atoms with Crippen LogP contribution in [0.2, 0.25) is 0 Å². The third kappa shape index (κ3) is 90.3. The third-order valence-electron chi connectivity index (χ3n) is 0. The normalized spacial score (nSPS) is 17.8. The molecule has 9 heteroatoms. The zero-order valence-electron chi connectivity index (χ0n) is 4.74. The zero-order chi connectivity index (χ0) is 6.41. The SMILES string of the molecule is [K+].[K+].[O]=[Mo-2](=[O])([F])([F])([F])[F]. The van der Waals surface area contributed by atoms with E-state index in [-0.39, 0.29) is 103 Å². The second-order valence-corrected chi connectivity index (χ2v) is 5.45. The van der Waals surface area contributed by atoms with Gasteiger partial charge in [0.25, 0.3) is 0 Å². The summed E-state index contributed by atoms with van der Waals surface area (Å²) in [6.45, 7) is 0. The predicted molar refractivity (Wildman–Crippen MR) is 5.80 cm³/mol. The second-order valence-electron chi connectivity index (χ2n) is 0.922. The van der Waals surface area contributed by atoms with Crippen molar-refractivity contribution in [3.8, 4) is 0 Å². The summed E-state index contributed by atoms with van der Waals surface area (Å²) in [6.07, 6.45) is 0. The van der Waals surface area contributed by atoms with Gasteiger partial charge >= 0.3 is 138 Å². The Morgan fingerprint density at radius 3 is 0.778 bits per heavy atom. The molecule has 0 saturated carbocycles. The van der Waals surface area contributed by atoms with E-state index in [1.54, 1.807) is 0 Å². The molecule has 0 heterocycles. The van der Waals surface area contributed by atoms with Gasteiger partial charge in [-0.05, 0) is 0 Å². The van der Waals surface area contributed by atoms with E-state index < -0.39 is 15.6 Å². The van der Waals surface area contributed by atoms with E-state index in [0.717, 1.165) is 0 Å². The van der Waals surface area contributed by atoms with Crippen LogP contribution in [-0.2, 0) is 22.4 Å². The molecule has 0 rings (SSSR count). The van der Waals surface area contributed by atoms with Crippen molar-refractivity contribution >= 4 is 0 Å². The Hall–Kier alpha value is 3.28. The summed E-state index contributed by atoms with van der Waals surface area (Å²) >= 11 is -10.7. The molecule has 0 atom stereocenters. The van der Waals surface area contributed by atoms with Crippen molar-refractivity contribution in [3.05, 3.63) is 0 Å². The van der Waals surface area contributed by atoms with Gasteiger partial charge in [-0.15, -0.1) is 0 Å². The van der Waals surface area contributed by atoms with E-state index >= 15 is 0 Å². The van der Waals surface area contributed by atoms with Crippen molar-refractivity contribution in [2.45, 2.75) is 0 Å². The average Bonchev–Trinajstić information content (AvgIpc) is 0.592. The average molecular weight is 282 g/mol. The maximum absolute atomic E-state index is 10.7. The molecule has 2 nitrogen and oxygen atoms in total. The fourth-order valence-corrected chi connectivity index (χ4v) is 0. The molecule has 0 spiro atoms. The van der Waals surface area contributed by atoms with Crippen LogP contribution in [0.15, 0.2) is 0 Å². The second kappa shape index (κ2) is 3.57. The first-order valence-corrected chi connectivity index (χ1v) is 5.62. The molecule has 0 fully saturated rings. The molecule has 0 aliphatic carbocycles. The van der Waals surface area contributed by atoms with Crippen molar-refractivity contribution < 1.29 is 138 Å². The summed E-state index contributed by atoms with van der Waals surface area (Å²) in [7, 11) is 0. The maximum atomic E-state index is 10.1. The Morgan fingerprint density at radius 1 is 0.778 bits per heavy atom. The Morgan fingerprint density at radius 2 is 0.778 bits per heavy atom. The molecule has 0 amide bonds. The molecule has 0 radical (unpaired) electrons. The van der Waals surface area contributed by atoms with Gasteiger partial charge in [0.2, 0.25) is 0 Å². The van der Waals surface area contributed by atoms with Crippen molar-refractivity contribution in [1.82, 2.24) is 0 Å². The number of rotatable bonds is 0.